The number of benzene rings is 1. The molecule has 0 amide bonds. The highest BCUT2D eigenvalue weighted by Crippen LogP contribution is 2.28. The van der Waals surface area contributed by atoms with Crippen molar-refractivity contribution in [3.8, 4) is 23.1 Å². The third-order valence-corrected chi connectivity index (χ3v) is 3.36. The highest BCUT2D eigenvalue weighted by Gasteiger charge is 2.20. The topological polar surface area (TPSA) is 100 Å². The van der Waals surface area contributed by atoms with Gasteiger partial charge in [-0.3, -0.25) is 9.59 Å². The molecule has 0 fully saturated rings. The Balaban J connectivity index is 2.37. The van der Waals surface area contributed by atoms with Gasteiger partial charge in [0.2, 0.25) is 0 Å². The van der Waals surface area contributed by atoms with Gasteiger partial charge in [-0.2, -0.15) is 5.26 Å². The summed E-state index contributed by atoms with van der Waals surface area (Å²) in [6, 6.07) is 8.53. The predicted octanol–water partition coefficient (Wildman–Crippen LogP) is 2.99. The maximum atomic E-state index is 13.4. The lowest BCUT2D eigenvalue weighted by molar-refractivity contribution is -0.143. The molecule has 1 heterocycles. The summed E-state index contributed by atoms with van der Waals surface area (Å²) in [6.45, 7) is 1.85. The largest absolute Gasteiger partial charge is 0.504 e. The van der Waals surface area contributed by atoms with Gasteiger partial charge in [0.1, 0.15) is 17.6 Å². The van der Waals surface area contributed by atoms with Gasteiger partial charge in [0.05, 0.1) is 24.3 Å². The molecule has 0 saturated heterocycles. The number of aromatic hydroxyl groups is 1. The third-order valence-electron chi connectivity index (χ3n) is 3.36. The van der Waals surface area contributed by atoms with Crippen LogP contribution in [0.1, 0.15) is 35.8 Å². The Bertz CT molecular complexity index is 859. The van der Waals surface area contributed by atoms with Crippen LogP contribution in [0.4, 0.5) is 4.39 Å². The van der Waals surface area contributed by atoms with Crippen molar-refractivity contribution in [3.05, 3.63) is 47.4 Å². The molecule has 0 aliphatic carbocycles. The molecule has 0 aliphatic rings. The number of pyridine rings is 1. The minimum Gasteiger partial charge on any atom is -0.504 e. The predicted molar refractivity (Wildman–Crippen MR) is 86.2 cm³/mol. The second kappa shape index (κ2) is 8.02. The van der Waals surface area contributed by atoms with E-state index < -0.39 is 23.3 Å². The normalized spacial score (nSPS) is 10.1. The van der Waals surface area contributed by atoms with E-state index in [1.54, 1.807) is 19.1 Å². The van der Waals surface area contributed by atoms with E-state index in [-0.39, 0.29) is 36.4 Å². The van der Waals surface area contributed by atoms with E-state index in [0.29, 0.717) is 5.56 Å². The van der Waals surface area contributed by atoms with Crippen LogP contribution in [-0.4, -0.2) is 28.4 Å². The van der Waals surface area contributed by atoms with Gasteiger partial charge in [-0.05, 0) is 25.1 Å². The second-order valence-corrected chi connectivity index (χ2v) is 5.10. The van der Waals surface area contributed by atoms with E-state index in [4.69, 9.17) is 10.00 Å². The zero-order valence-corrected chi connectivity index (χ0v) is 13.5. The number of halogens is 1. The fraction of sp³-hybridized carbons (Fsp3) is 0.222. The lowest BCUT2D eigenvalue weighted by atomic mass is 10.0. The van der Waals surface area contributed by atoms with Crippen LogP contribution in [0.2, 0.25) is 0 Å². The van der Waals surface area contributed by atoms with Crippen LogP contribution in [0, 0.1) is 17.1 Å². The highest BCUT2D eigenvalue weighted by atomic mass is 19.1. The number of aromatic nitrogens is 1. The van der Waals surface area contributed by atoms with Gasteiger partial charge in [-0.1, -0.05) is 12.1 Å². The van der Waals surface area contributed by atoms with Gasteiger partial charge in [-0.15, -0.1) is 0 Å². The van der Waals surface area contributed by atoms with E-state index in [1.807, 2.05) is 0 Å². The van der Waals surface area contributed by atoms with Crippen LogP contribution in [0.25, 0.3) is 11.3 Å². The highest BCUT2D eigenvalue weighted by molar-refractivity contribution is 5.99. The first-order valence-electron chi connectivity index (χ1n) is 7.55. The van der Waals surface area contributed by atoms with Crippen LogP contribution in [0.3, 0.4) is 0 Å². The fourth-order valence-electron chi connectivity index (χ4n) is 2.18. The molecule has 0 unspecified atom stereocenters. The van der Waals surface area contributed by atoms with Crippen molar-refractivity contribution in [2.45, 2.75) is 19.8 Å². The molecule has 0 spiro atoms. The minimum absolute atomic E-state index is 0.159. The maximum absolute atomic E-state index is 13.4. The van der Waals surface area contributed by atoms with Crippen molar-refractivity contribution < 1.29 is 23.8 Å². The lowest BCUT2D eigenvalue weighted by Crippen LogP contribution is -2.10. The first-order valence-corrected chi connectivity index (χ1v) is 7.55. The molecule has 0 radical (unpaired) electrons. The molecule has 0 atom stereocenters. The summed E-state index contributed by atoms with van der Waals surface area (Å²) in [4.78, 5) is 27.7. The molecule has 0 saturated carbocycles. The number of Topliss-reactive ketones (excluding diaryl/α,β-unsaturated/α-hetero) is 1. The quantitative estimate of drug-likeness (QED) is 0.640. The average Bonchev–Trinajstić information content (AvgIpc) is 2.60. The van der Waals surface area contributed by atoms with Crippen molar-refractivity contribution in [3.63, 3.8) is 0 Å². The van der Waals surface area contributed by atoms with E-state index in [9.17, 15) is 19.1 Å². The third kappa shape index (κ3) is 4.38. The zero-order chi connectivity index (χ0) is 18.4. The Morgan fingerprint density at radius 2 is 2.08 bits per heavy atom. The van der Waals surface area contributed by atoms with Crippen LogP contribution in [0.5, 0.6) is 5.75 Å². The van der Waals surface area contributed by atoms with Gasteiger partial charge in [0.15, 0.2) is 11.5 Å². The molecular formula is C18H15FN2O4. The Morgan fingerprint density at radius 1 is 1.32 bits per heavy atom. The summed E-state index contributed by atoms with van der Waals surface area (Å²) in [5, 5.41) is 19.2. The van der Waals surface area contributed by atoms with Crippen molar-refractivity contribution >= 4 is 11.8 Å². The number of hydrogen-bond donors (Lipinski definition) is 1. The summed E-state index contributed by atoms with van der Waals surface area (Å²) in [5.74, 6) is -2.21. The van der Waals surface area contributed by atoms with Crippen LogP contribution in [0.15, 0.2) is 30.3 Å². The number of esters is 1. The summed E-state index contributed by atoms with van der Waals surface area (Å²) >= 11 is 0. The molecule has 0 bridgehead atoms. The first-order chi connectivity index (χ1) is 12.0. The fourth-order valence-corrected chi connectivity index (χ4v) is 2.18. The zero-order valence-electron chi connectivity index (χ0n) is 13.5. The molecule has 1 aromatic heterocycles. The van der Waals surface area contributed by atoms with E-state index in [2.05, 4.69) is 4.98 Å². The van der Waals surface area contributed by atoms with Gasteiger partial charge in [-0.25, -0.2) is 9.37 Å². The molecule has 2 aromatic rings. The molecule has 1 aromatic carbocycles. The van der Waals surface area contributed by atoms with Crippen molar-refractivity contribution in [1.29, 1.82) is 5.26 Å². The van der Waals surface area contributed by atoms with Gasteiger partial charge >= 0.3 is 5.97 Å². The number of ether oxygens (including phenoxy) is 1. The molecule has 1 N–H and O–H groups in total. The molecule has 7 heteroatoms. The molecule has 25 heavy (non-hydrogen) atoms. The Hall–Kier alpha value is -3.27. The monoisotopic (exact) mass is 342 g/mol. The van der Waals surface area contributed by atoms with Crippen LogP contribution in [-0.2, 0) is 9.53 Å². The minimum atomic E-state index is -0.611. The Morgan fingerprint density at radius 3 is 2.72 bits per heavy atom. The van der Waals surface area contributed by atoms with E-state index in [0.717, 1.165) is 0 Å². The molecule has 0 aliphatic heterocycles. The Labute approximate surface area is 143 Å². The van der Waals surface area contributed by atoms with Crippen molar-refractivity contribution in [2.24, 2.45) is 0 Å². The second-order valence-electron chi connectivity index (χ2n) is 5.10. The number of rotatable bonds is 6. The van der Waals surface area contributed by atoms with Crippen molar-refractivity contribution in [2.75, 3.05) is 6.61 Å². The van der Waals surface area contributed by atoms with E-state index in [1.165, 1.54) is 24.3 Å². The summed E-state index contributed by atoms with van der Waals surface area (Å²) in [7, 11) is 0. The number of ketones is 1. The van der Waals surface area contributed by atoms with Gasteiger partial charge < -0.3 is 9.84 Å². The van der Waals surface area contributed by atoms with Gasteiger partial charge in [0, 0.05) is 12.0 Å². The average molecular weight is 342 g/mol. The van der Waals surface area contributed by atoms with Crippen LogP contribution >= 0.6 is 0 Å². The molecule has 128 valence electrons. The smallest absolute Gasteiger partial charge is 0.306 e. The number of nitrogens with zero attached hydrogens (tertiary/aromatic N) is 2. The molecule has 2 rings (SSSR count). The number of nitriles is 1. The lowest BCUT2D eigenvalue weighted by Gasteiger charge is -2.08. The standard InChI is InChI=1S/C18H15FN2O4/c1-2-25-16(23)7-6-15(22)17-18(24)12(10-20)9-14(21-17)11-4-3-5-13(19)8-11/h3-5,8-9,24H,2,6-7H2,1H3. The molecular weight excluding hydrogens is 327 g/mol. The Kier molecular flexibility index (Phi) is 5.79. The summed E-state index contributed by atoms with van der Waals surface area (Å²) < 4.78 is 18.1. The van der Waals surface area contributed by atoms with Crippen LogP contribution < -0.4 is 0 Å². The number of carbonyl (C=O) groups is 2. The number of hydrogen-bond acceptors (Lipinski definition) is 6. The van der Waals surface area contributed by atoms with E-state index >= 15 is 0 Å². The number of carbonyl (C=O) groups excluding carboxylic acids is 2. The first kappa shape index (κ1) is 18.1. The summed E-state index contributed by atoms with van der Waals surface area (Å²) in [6.07, 6.45) is -0.392. The SMILES string of the molecule is CCOC(=O)CCC(=O)c1nc(-c2cccc(F)c2)cc(C#N)c1O. The summed E-state index contributed by atoms with van der Waals surface area (Å²) in [5.41, 5.74) is 0.0423. The molecule has 6 nitrogen and oxygen atoms in total. The van der Waals surface area contributed by atoms with Crippen molar-refractivity contribution in [1.82, 2.24) is 4.98 Å². The maximum Gasteiger partial charge on any atom is 0.306 e. The van der Waals surface area contributed by atoms with Gasteiger partial charge in [0.25, 0.3) is 0 Å².